The Bertz CT molecular complexity index is 981. The van der Waals surface area contributed by atoms with Crippen molar-refractivity contribution in [3.8, 4) is 0 Å². The molecule has 0 N–H and O–H groups in total. The summed E-state index contributed by atoms with van der Waals surface area (Å²) in [6, 6.07) is 0. The van der Waals surface area contributed by atoms with Crippen LogP contribution in [0.2, 0.25) is 0 Å². The van der Waals surface area contributed by atoms with Crippen LogP contribution in [0.5, 0.6) is 0 Å². The second kappa shape index (κ2) is 9.36. The van der Waals surface area contributed by atoms with E-state index in [1.54, 1.807) is 0 Å². The average molecular weight is 484 g/mol. The van der Waals surface area contributed by atoms with Crippen molar-refractivity contribution in [3.63, 3.8) is 0 Å². The van der Waals surface area contributed by atoms with Gasteiger partial charge in [-0.1, -0.05) is 19.5 Å². The Kier molecular flexibility index (Phi) is 8.09. The van der Waals surface area contributed by atoms with Gasteiger partial charge in [-0.25, -0.2) is 26.0 Å². The van der Waals surface area contributed by atoms with Crippen LogP contribution in [0.1, 0.15) is 26.7 Å². The maximum atomic E-state index is 12.0. The van der Waals surface area contributed by atoms with Gasteiger partial charge in [-0.2, -0.15) is 26.3 Å². The molecule has 0 aliphatic rings. The standard InChI is InChI=1S/C9H17N2.C5HF6N2O4S2/c1-3-5-6-11-8-7-10(4-2)9-11;6-4(7,8)18(14,15)2-1-12-3(13-2)19(16,17)5(9,10)11/h7-9H,3-6H2,1-2H3;1H/q+1;-1. The van der Waals surface area contributed by atoms with Gasteiger partial charge >= 0.3 is 11.0 Å². The highest BCUT2D eigenvalue weighted by Gasteiger charge is 2.48. The highest BCUT2D eigenvalue weighted by molar-refractivity contribution is 7.92. The summed E-state index contributed by atoms with van der Waals surface area (Å²) in [6.45, 7) is 6.60. The topological polar surface area (TPSA) is 104 Å². The Balaban J connectivity index is 0.000000346. The van der Waals surface area contributed by atoms with Crippen LogP contribution in [0.25, 0.3) is 0 Å². The van der Waals surface area contributed by atoms with Crippen molar-refractivity contribution in [2.24, 2.45) is 0 Å². The molecule has 0 unspecified atom stereocenters. The Morgan fingerprint density at radius 1 is 1.03 bits per heavy atom. The van der Waals surface area contributed by atoms with E-state index in [1.807, 2.05) is 0 Å². The Morgan fingerprint density at radius 2 is 1.60 bits per heavy atom. The summed E-state index contributed by atoms with van der Waals surface area (Å²) in [5.74, 6) is 0. The van der Waals surface area contributed by atoms with Crippen LogP contribution in [0.4, 0.5) is 26.3 Å². The van der Waals surface area contributed by atoms with E-state index in [0.29, 0.717) is 0 Å². The molecule has 172 valence electrons. The fraction of sp³-hybridized carbons (Fsp3) is 0.571. The second-order valence-electron chi connectivity index (χ2n) is 5.72. The second-order valence-corrected chi connectivity index (χ2v) is 9.45. The van der Waals surface area contributed by atoms with E-state index in [2.05, 4.69) is 51.7 Å². The smallest absolute Gasteiger partial charge is 0.432 e. The van der Waals surface area contributed by atoms with E-state index >= 15 is 0 Å². The van der Waals surface area contributed by atoms with Gasteiger partial charge in [0.25, 0.3) is 19.7 Å². The molecular formula is C14H18F6N4O4S2. The fourth-order valence-electron chi connectivity index (χ4n) is 1.84. The summed E-state index contributed by atoms with van der Waals surface area (Å²) < 4.78 is 120. The van der Waals surface area contributed by atoms with E-state index in [4.69, 9.17) is 0 Å². The Hall–Kier alpha value is -2.10. The first-order chi connectivity index (χ1) is 13.6. The summed E-state index contributed by atoms with van der Waals surface area (Å²) in [4.78, 5) is 4.70. The lowest BCUT2D eigenvalue weighted by Crippen LogP contribution is -2.30. The SMILES string of the molecule is CCCC[n+]1ccn(CC)c1.O=S(=O)(c1c[n-]c(S(=O)(=O)C(F)(F)F)n1)C(F)(F)F. The molecule has 2 aromatic heterocycles. The highest BCUT2D eigenvalue weighted by Crippen LogP contribution is 2.32. The number of hydrogen-bond acceptors (Lipinski definition) is 5. The molecule has 0 aliphatic heterocycles. The quantitative estimate of drug-likeness (QED) is 0.460. The average Bonchev–Trinajstić information content (AvgIpc) is 3.28. The van der Waals surface area contributed by atoms with Gasteiger partial charge in [-0.05, 0) is 13.3 Å². The third-order valence-corrected chi connectivity index (χ3v) is 6.14. The zero-order valence-corrected chi connectivity index (χ0v) is 17.3. The van der Waals surface area contributed by atoms with Crippen molar-refractivity contribution in [2.45, 2.75) is 61.0 Å². The summed E-state index contributed by atoms with van der Waals surface area (Å²) in [5.41, 5.74) is -11.7. The maximum absolute atomic E-state index is 12.0. The number of unbranched alkanes of at least 4 members (excludes halogenated alkanes) is 1. The van der Waals surface area contributed by atoms with Crippen molar-refractivity contribution in [1.29, 1.82) is 0 Å². The number of aryl methyl sites for hydroxylation is 2. The van der Waals surface area contributed by atoms with Crippen LogP contribution in [0.15, 0.2) is 35.1 Å². The maximum Gasteiger partial charge on any atom is 0.501 e. The van der Waals surface area contributed by atoms with E-state index < -0.39 is 40.9 Å². The molecule has 0 amide bonds. The Labute approximate surface area is 168 Å². The molecule has 0 saturated heterocycles. The third kappa shape index (κ3) is 5.96. The molecule has 0 bridgehead atoms. The van der Waals surface area contributed by atoms with Gasteiger partial charge in [0.15, 0.2) is 0 Å². The number of aromatic nitrogens is 4. The molecule has 0 saturated carbocycles. The largest absolute Gasteiger partial charge is 0.501 e. The molecule has 0 aliphatic carbocycles. The van der Waals surface area contributed by atoms with Crippen LogP contribution >= 0.6 is 0 Å². The molecule has 2 aromatic rings. The first-order valence-electron chi connectivity index (χ1n) is 8.25. The number of sulfone groups is 2. The van der Waals surface area contributed by atoms with Crippen molar-refractivity contribution < 1.29 is 47.7 Å². The van der Waals surface area contributed by atoms with Crippen LogP contribution in [-0.4, -0.2) is 37.4 Å². The molecule has 0 fully saturated rings. The lowest BCUT2D eigenvalue weighted by atomic mass is 10.3. The number of halogens is 6. The molecule has 2 heterocycles. The molecular weight excluding hydrogens is 466 g/mol. The zero-order valence-electron chi connectivity index (χ0n) is 15.6. The Morgan fingerprint density at radius 3 is 2.03 bits per heavy atom. The predicted molar refractivity (Wildman–Crippen MR) is 89.2 cm³/mol. The van der Waals surface area contributed by atoms with Gasteiger partial charge in [0, 0.05) is 5.16 Å². The summed E-state index contributed by atoms with van der Waals surface area (Å²) in [7, 11) is -12.2. The number of alkyl halides is 6. The molecule has 30 heavy (non-hydrogen) atoms. The van der Waals surface area contributed by atoms with Gasteiger partial charge in [-0.3, -0.25) is 0 Å². The lowest BCUT2D eigenvalue weighted by Gasteiger charge is -2.10. The van der Waals surface area contributed by atoms with Crippen molar-refractivity contribution in [2.75, 3.05) is 0 Å². The van der Waals surface area contributed by atoms with Crippen molar-refractivity contribution >= 4 is 19.7 Å². The van der Waals surface area contributed by atoms with Crippen molar-refractivity contribution in [3.05, 3.63) is 24.9 Å². The third-order valence-electron chi connectivity index (χ3n) is 3.50. The highest BCUT2D eigenvalue weighted by atomic mass is 32.2. The minimum absolute atomic E-state index is 0.221. The van der Waals surface area contributed by atoms with Gasteiger partial charge in [0.05, 0.1) is 18.1 Å². The molecule has 16 heteroatoms. The van der Waals surface area contributed by atoms with E-state index in [9.17, 15) is 43.2 Å². The number of imidazole rings is 2. The predicted octanol–water partition coefficient (Wildman–Crippen LogP) is 2.22. The van der Waals surface area contributed by atoms with Gasteiger partial charge < -0.3 is 9.97 Å². The molecule has 2 rings (SSSR count). The first kappa shape index (κ1) is 25.9. The molecule has 0 aromatic carbocycles. The van der Waals surface area contributed by atoms with Crippen LogP contribution in [-0.2, 0) is 32.8 Å². The van der Waals surface area contributed by atoms with Gasteiger partial charge in [-0.15, -0.1) is 0 Å². The van der Waals surface area contributed by atoms with Crippen LogP contribution < -0.4 is 9.55 Å². The van der Waals surface area contributed by atoms with E-state index in [-0.39, 0.29) is 6.20 Å². The minimum atomic E-state index is -6.12. The molecule has 0 radical (unpaired) electrons. The van der Waals surface area contributed by atoms with Crippen LogP contribution in [0, 0.1) is 0 Å². The van der Waals surface area contributed by atoms with Crippen LogP contribution in [0.3, 0.4) is 0 Å². The van der Waals surface area contributed by atoms with Crippen molar-refractivity contribution in [1.82, 2.24) is 14.5 Å². The lowest BCUT2D eigenvalue weighted by molar-refractivity contribution is -0.696. The zero-order chi connectivity index (χ0) is 23.4. The van der Waals surface area contributed by atoms with E-state index in [0.717, 1.165) is 13.1 Å². The molecule has 0 spiro atoms. The van der Waals surface area contributed by atoms with Gasteiger partial charge in [0.1, 0.15) is 12.4 Å². The summed E-state index contributed by atoms with van der Waals surface area (Å²) in [6.07, 6.45) is 8.74. The molecule has 8 nitrogen and oxygen atoms in total. The summed E-state index contributed by atoms with van der Waals surface area (Å²) in [5, 5.41) is -3.99. The van der Waals surface area contributed by atoms with Gasteiger partial charge in [0.2, 0.25) is 6.33 Å². The first-order valence-corrected chi connectivity index (χ1v) is 11.2. The number of rotatable bonds is 6. The minimum Gasteiger partial charge on any atom is -0.432 e. The number of hydrogen-bond donors (Lipinski definition) is 0. The fourth-order valence-corrected chi connectivity index (χ4v) is 3.15. The normalized spacial score (nSPS) is 13.1. The number of nitrogens with zero attached hydrogens (tertiary/aromatic N) is 4. The monoisotopic (exact) mass is 484 g/mol. The molecule has 0 atom stereocenters. The van der Waals surface area contributed by atoms with E-state index in [1.165, 1.54) is 12.8 Å². The summed E-state index contributed by atoms with van der Waals surface area (Å²) >= 11 is 0.